The lowest BCUT2D eigenvalue weighted by atomic mass is 10.0. The van der Waals surface area contributed by atoms with Crippen LogP contribution >= 0.6 is 0 Å². The van der Waals surface area contributed by atoms with Crippen molar-refractivity contribution in [2.45, 2.75) is 44.8 Å². The van der Waals surface area contributed by atoms with Crippen molar-refractivity contribution in [3.8, 4) is 23.0 Å². The fourth-order valence-electron chi connectivity index (χ4n) is 5.93. The molecular weight excluding hydrogens is 657 g/mol. The van der Waals surface area contributed by atoms with E-state index in [0.29, 0.717) is 59.8 Å². The largest absolute Gasteiger partial charge is 0.493 e. The van der Waals surface area contributed by atoms with Crippen LogP contribution in [0.4, 0.5) is 15.8 Å². The van der Waals surface area contributed by atoms with E-state index < -0.39 is 23.0 Å². The first-order valence-corrected chi connectivity index (χ1v) is 17.0. The topological polar surface area (TPSA) is 140 Å². The molecule has 4 aromatic rings. The number of aromatic nitrogens is 1. The van der Waals surface area contributed by atoms with Crippen LogP contribution in [0, 0.1) is 11.2 Å². The Bertz CT molecular complexity index is 1890. The number of hydrogen-bond acceptors (Lipinski definition) is 10. The molecule has 2 unspecified atom stereocenters. The molecule has 268 valence electrons. The van der Waals surface area contributed by atoms with E-state index in [0.717, 1.165) is 32.0 Å². The van der Waals surface area contributed by atoms with Crippen molar-refractivity contribution < 1.29 is 37.7 Å². The van der Waals surface area contributed by atoms with Gasteiger partial charge in [-0.3, -0.25) is 24.3 Å². The molecule has 1 aliphatic heterocycles. The second kappa shape index (κ2) is 15.7. The number of hydrogen-bond donors (Lipinski definition) is 3. The Morgan fingerprint density at radius 2 is 1.73 bits per heavy atom. The first kappa shape index (κ1) is 35.6. The molecule has 1 aliphatic carbocycles. The average Bonchev–Trinajstić information content (AvgIpc) is 3.84. The van der Waals surface area contributed by atoms with Gasteiger partial charge in [0.15, 0.2) is 23.1 Å². The number of para-hydroxylation sites is 1. The molecule has 12 nitrogen and oxygen atoms in total. The number of likely N-dealkylation sites (tertiary alicyclic amines) is 1. The minimum absolute atomic E-state index is 0.0572. The number of carbonyl (C=O) groups excluding carboxylic acids is 3. The molecule has 2 amide bonds. The van der Waals surface area contributed by atoms with Crippen LogP contribution in [0.15, 0.2) is 72.9 Å². The van der Waals surface area contributed by atoms with E-state index in [-0.39, 0.29) is 29.6 Å². The normalized spacial score (nSPS) is 17.0. The summed E-state index contributed by atoms with van der Waals surface area (Å²) in [5.41, 5.74) is 0.179. The predicted molar refractivity (Wildman–Crippen MR) is 190 cm³/mol. The van der Waals surface area contributed by atoms with Gasteiger partial charge in [-0.25, -0.2) is 4.39 Å². The summed E-state index contributed by atoms with van der Waals surface area (Å²) in [6, 6.07) is 17.8. The Morgan fingerprint density at radius 3 is 2.43 bits per heavy atom. The third kappa shape index (κ3) is 8.38. The van der Waals surface area contributed by atoms with Gasteiger partial charge in [-0.05, 0) is 76.1 Å². The Labute approximate surface area is 295 Å². The van der Waals surface area contributed by atoms with Gasteiger partial charge in [0.1, 0.15) is 23.3 Å². The number of likely N-dealkylation sites (N-methyl/N-ethyl adjacent to an activating group) is 1. The maximum absolute atomic E-state index is 15.3. The van der Waals surface area contributed by atoms with E-state index in [9.17, 15) is 14.4 Å². The number of pyridine rings is 1. The van der Waals surface area contributed by atoms with Crippen LogP contribution in [0.3, 0.4) is 0 Å². The van der Waals surface area contributed by atoms with Crippen molar-refractivity contribution in [1.82, 2.24) is 15.2 Å². The van der Waals surface area contributed by atoms with E-state index >= 15 is 4.39 Å². The van der Waals surface area contributed by atoms with Crippen LogP contribution in [0.25, 0.3) is 10.9 Å². The van der Waals surface area contributed by atoms with Gasteiger partial charge in [-0.2, -0.15) is 0 Å². The summed E-state index contributed by atoms with van der Waals surface area (Å²) in [7, 11) is 3.27. The number of rotatable bonds is 15. The Kier molecular flexibility index (Phi) is 11.0. The predicted octanol–water partition coefficient (Wildman–Crippen LogP) is 5.53. The van der Waals surface area contributed by atoms with Gasteiger partial charge in [0.25, 0.3) is 0 Å². The monoisotopic (exact) mass is 699 g/mol. The summed E-state index contributed by atoms with van der Waals surface area (Å²) < 4.78 is 38.6. The number of esters is 1. The minimum Gasteiger partial charge on any atom is -0.493 e. The lowest BCUT2D eigenvalue weighted by Crippen LogP contribution is -2.36. The molecule has 13 heteroatoms. The number of fused-ring (bicyclic) bond motifs is 1. The van der Waals surface area contributed by atoms with Gasteiger partial charge >= 0.3 is 5.97 Å². The summed E-state index contributed by atoms with van der Waals surface area (Å²) in [6.45, 7) is 4.55. The van der Waals surface area contributed by atoms with Crippen LogP contribution in [-0.4, -0.2) is 80.2 Å². The van der Waals surface area contributed by atoms with Crippen molar-refractivity contribution >= 4 is 40.1 Å². The van der Waals surface area contributed by atoms with Crippen LogP contribution in [-0.2, 0) is 19.1 Å². The van der Waals surface area contributed by atoms with Gasteiger partial charge < -0.3 is 34.9 Å². The van der Waals surface area contributed by atoms with Crippen LogP contribution in [0.5, 0.6) is 23.0 Å². The quantitative estimate of drug-likeness (QED) is 0.0825. The van der Waals surface area contributed by atoms with Gasteiger partial charge in [0, 0.05) is 54.7 Å². The van der Waals surface area contributed by atoms with Crippen molar-refractivity contribution in [3.63, 3.8) is 0 Å². The zero-order chi connectivity index (χ0) is 36.0. The van der Waals surface area contributed by atoms with Gasteiger partial charge in [0.05, 0.1) is 19.2 Å². The van der Waals surface area contributed by atoms with E-state index in [2.05, 4.69) is 25.8 Å². The van der Waals surface area contributed by atoms with E-state index in [4.69, 9.17) is 18.9 Å². The van der Waals surface area contributed by atoms with Crippen LogP contribution in [0.1, 0.15) is 32.6 Å². The molecule has 0 bridgehead atoms. The molecule has 6 rings (SSSR count). The lowest BCUT2D eigenvalue weighted by Gasteiger charge is -2.18. The van der Waals surface area contributed by atoms with Gasteiger partial charge in [-0.1, -0.05) is 18.2 Å². The second-order valence-corrected chi connectivity index (χ2v) is 12.8. The number of halogens is 1. The maximum atomic E-state index is 15.3. The highest BCUT2D eigenvalue weighted by Crippen LogP contribution is 2.47. The molecule has 1 aromatic heterocycles. The molecule has 2 aliphatic rings. The Morgan fingerprint density at radius 1 is 0.961 bits per heavy atom. The van der Waals surface area contributed by atoms with Gasteiger partial charge in [-0.15, -0.1) is 0 Å². The highest BCUT2D eigenvalue weighted by Gasteiger charge is 2.56. The van der Waals surface area contributed by atoms with E-state index in [1.807, 2.05) is 6.07 Å². The number of anilines is 2. The van der Waals surface area contributed by atoms with E-state index in [1.165, 1.54) is 19.2 Å². The molecule has 2 heterocycles. The molecule has 1 saturated carbocycles. The van der Waals surface area contributed by atoms with Crippen LogP contribution in [0.2, 0.25) is 0 Å². The molecule has 51 heavy (non-hydrogen) atoms. The smallest absolute Gasteiger partial charge is 0.323 e. The van der Waals surface area contributed by atoms with E-state index in [1.54, 1.807) is 62.6 Å². The van der Waals surface area contributed by atoms with Gasteiger partial charge in [0.2, 0.25) is 11.8 Å². The molecule has 2 fully saturated rings. The second-order valence-electron chi connectivity index (χ2n) is 12.8. The fraction of sp³-hybridized carbons (Fsp3) is 0.368. The molecular formula is C38H42FN5O7. The summed E-state index contributed by atoms with van der Waals surface area (Å²) in [6.07, 6.45) is 3.82. The first-order valence-electron chi connectivity index (χ1n) is 17.0. The fourth-order valence-corrected chi connectivity index (χ4v) is 5.93. The Balaban J connectivity index is 1.04. The average molecular weight is 700 g/mol. The number of ether oxygens (including phenoxy) is 4. The highest BCUT2D eigenvalue weighted by molar-refractivity contribution is 6.16. The van der Waals surface area contributed by atoms with Crippen molar-refractivity contribution in [2.75, 3.05) is 51.0 Å². The molecule has 0 spiro atoms. The highest BCUT2D eigenvalue weighted by atomic mass is 19.1. The maximum Gasteiger partial charge on any atom is 0.323 e. The zero-order valence-corrected chi connectivity index (χ0v) is 28.9. The van der Waals surface area contributed by atoms with Crippen LogP contribution < -0.4 is 30.2 Å². The molecule has 3 N–H and O–H groups in total. The standard InChI is InChI=1S/C38H42FN5O7/c1-24(40-2)35(45)50-27-13-18-44(23-27)17-7-19-49-34-22-30-28(21-33(34)48-3)31(12-16-41-30)51-32-11-10-26(20-29(32)39)43-37(47)38(14-15-38)36(46)42-25-8-5-4-6-9-25/h4-6,8-12,16,20-22,24,27,40H,7,13-15,17-19,23H2,1-3H3,(H,42,46)(H,43,47). The summed E-state index contributed by atoms with van der Waals surface area (Å²) >= 11 is 0. The summed E-state index contributed by atoms with van der Waals surface area (Å²) in [5.74, 6) is -0.540. The number of benzene rings is 3. The lowest BCUT2D eigenvalue weighted by molar-refractivity contribution is -0.150. The SMILES string of the molecule is CNC(C)C(=O)OC1CCN(CCCOc2cc3nccc(Oc4ccc(NC(=O)C5(C(=O)Nc6ccccc6)CC5)cc4F)c3cc2OC)C1. The first-order chi connectivity index (χ1) is 24.7. The van der Waals surface area contributed by atoms with Crippen molar-refractivity contribution in [1.29, 1.82) is 0 Å². The third-order valence-corrected chi connectivity index (χ3v) is 9.22. The number of nitrogens with zero attached hydrogens (tertiary/aromatic N) is 2. The van der Waals surface area contributed by atoms with Crippen molar-refractivity contribution in [2.24, 2.45) is 5.41 Å². The molecule has 2 atom stereocenters. The number of methoxy groups -OCH3 is 1. The van der Waals surface area contributed by atoms with Crippen molar-refractivity contribution in [3.05, 3.63) is 78.7 Å². The molecule has 1 saturated heterocycles. The molecule has 0 radical (unpaired) electrons. The number of amides is 2. The molecule has 3 aromatic carbocycles. The number of carbonyl (C=O) groups is 3. The zero-order valence-electron chi connectivity index (χ0n) is 28.9. The Hall–Kier alpha value is -5.27. The number of nitrogens with one attached hydrogen (secondary N) is 3. The summed E-state index contributed by atoms with van der Waals surface area (Å²) in [4.78, 5) is 44.8. The minimum atomic E-state index is -1.19. The summed E-state index contributed by atoms with van der Waals surface area (Å²) in [5, 5.41) is 8.96. The third-order valence-electron chi connectivity index (χ3n) is 9.22.